The fraction of sp³-hybridized carbons (Fsp3) is 0.231. The first-order valence-electron chi connectivity index (χ1n) is 5.73. The molecule has 5 heteroatoms. The number of aromatic nitrogens is 1. The van der Waals surface area contributed by atoms with Gasteiger partial charge in [0.05, 0.1) is 5.92 Å². The molecule has 1 fully saturated rings. The van der Waals surface area contributed by atoms with Crippen molar-refractivity contribution in [3.63, 3.8) is 0 Å². The van der Waals surface area contributed by atoms with Gasteiger partial charge in [-0.3, -0.25) is 14.5 Å². The van der Waals surface area contributed by atoms with Crippen molar-refractivity contribution >= 4 is 22.7 Å². The number of carbonyl (C=O) groups is 2. The van der Waals surface area contributed by atoms with E-state index in [2.05, 4.69) is 4.98 Å². The number of aliphatic hydroxyl groups excluding tert-OH is 1. The monoisotopic (exact) mass is 244 g/mol. The van der Waals surface area contributed by atoms with Gasteiger partial charge in [0, 0.05) is 23.5 Å². The maximum absolute atomic E-state index is 12.0. The molecule has 0 aliphatic carbocycles. The quantitative estimate of drug-likeness (QED) is 0.773. The largest absolute Gasteiger partial charge is 0.376 e. The lowest BCUT2D eigenvalue weighted by atomic mass is 9.97. The Hall–Kier alpha value is -2.14. The first kappa shape index (κ1) is 11.0. The molecule has 0 saturated carbocycles. The van der Waals surface area contributed by atoms with Gasteiger partial charge in [0.2, 0.25) is 11.8 Å². The number of fused-ring (bicyclic) bond motifs is 1. The number of imide groups is 1. The molecule has 1 aliphatic rings. The third-order valence-corrected chi connectivity index (χ3v) is 3.38. The van der Waals surface area contributed by atoms with Crippen molar-refractivity contribution in [3.8, 4) is 0 Å². The predicted molar refractivity (Wildman–Crippen MR) is 64.6 cm³/mol. The average molecular weight is 244 g/mol. The van der Waals surface area contributed by atoms with E-state index in [1.54, 1.807) is 6.20 Å². The molecular formula is C13H12N2O3. The fourth-order valence-electron chi connectivity index (χ4n) is 2.46. The number of rotatable bonds is 2. The Kier molecular flexibility index (Phi) is 2.41. The summed E-state index contributed by atoms with van der Waals surface area (Å²) in [5, 5.41) is 9.96. The number of nitrogens with zero attached hydrogens (tertiary/aromatic N) is 1. The minimum Gasteiger partial charge on any atom is -0.376 e. The lowest BCUT2D eigenvalue weighted by Gasteiger charge is -2.10. The second-order valence-corrected chi connectivity index (χ2v) is 4.35. The van der Waals surface area contributed by atoms with E-state index in [1.165, 1.54) is 0 Å². The molecule has 0 spiro atoms. The first-order chi connectivity index (χ1) is 8.72. The van der Waals surface area contributed by atoms with Crippen molar-refractivity contribution in [2.75, 3.05) is 6.73 Å². The van der Waals surface area contributed by atoms with Crippen molar-refractivity contribution in [3.05, 3.63) is 36.0 Å². The number of benzene rings is 1. The summed E-state index contributed by atoms with van der Waals surface area (Å²) >= 11 is 0. The number of para-hydroxylation sites is 1. The van der Waals surface area contributed by atoms with Gasteiger partial charge < -0.3 is 10.1 Å². The van der Waals surface area contributed by atoms with Crippen LogP contribution < -0.4 is 0 Å². The molecular weight excluding hydrogens is 232 g/mol. The fourth-order valence-corrected chi connectivity index (χ4v) is 2.46. The van der Waals surface area contributed by atoms with Crippen LogP contribution in [0.3, 0.4) is 0 Å². The van der Waals surface area contributed by atoms with Crippen LogP contribution in [0.2, 0.25) is 0 Å². The Balaban J connectivity index is 2.06. The van der Waals surface area contributed by atoms with E-state index in [0.717, 1.165) is 21.4 Å². The number of hydrogen-bond acceptors (Lipinski definition) is 3. The average Bonchev–Trinajstić information content (AvgIpc) is 2.91. The number of H-pyrrole nitrogens is 1. The Morgan fingerprint density at radius 3 is 2.83 bits per heavy atom. The number of carbonyl (C=O) groups excluding carboxylic acids is 2. The zero-order valence-corrected chi connectivity index (χ0v) is 9.59. The minimum absolute atomic E-state index is 0.126. The highest BCUT2D eigenvalue weighted by Gasteiger charge is 2.39. The van der Waals surface area contributed by atoms with Crippen molar-refractivity contribution < 1.29 is 14.7 Å². The van der Waals surface area contributed by atoms with Crippen LogP contribution in [0.1, 0.15) is 17.9 Å². The van der Waals surface area contributed by atoms with E-state index in [-0.39, 0.29) is 18.2 Å². The maximum atomic E-state index is 12.0. The SMILES string of the molecule is O=C1CC(c2c[nH]c3ccccc23)C(=O)N1CO. The van der Waals surface area contributed by atoms with Gasteiger partial charge in [-0.1, -0.05) is 18.2 Å². The number of likely N-dealkylation sites (tertiary alicyclic amines) is 1. The molecule has 1 aromatic heterocycles. The zero-order chi connectivity index (χ0) is 12.7. The second-order valence-electron chi connectivity index (χ2n) is 4.35. The highest BCUT2D eigenvalue weighted by molar-refractivity contribution is 6.07. The van der Waals surface area contributed by atoms with E-state index < -0.39 is 12.6 Å². The lowest BCUT2D eigenvalue weighted by Crippen LogP contribution is -2.30. The Labute approximate surface area is 103 Å². The number of aromatic amines is 1. The van der Waals surface area contributed by atoms with Gasteiger partial charge in [0.15, 0.2) is 0 Å². The first-order valence-corrected chi connectivity index (χ1v) is 5.73. The number of hydrogen-bond donors (Lipinski definition) is 2. The van der Waals surface area contributed by atoms with Gasteiger partial charge in [-0.25, -0.2) is 0 Å². The summed E-state index contributed by atoms with van der Waals surface area (Å²) in [5.74, 6) is -1.13. The van der Waals surface area contributed by atoms with Gasteiger partial charge in [-0.15, -0.1) is 0 Å². The third-order valence-electron chi connectivity index (χ3n) is 3.38. The van der Waals surface area contributed by atoms with Crippen molar-refractivity contribution in [1.82, 2.24) is 9.88 Å². The van der Waals surface area contributed by atoms with Gasteiger partial charge in [0.1, 0.15) is 6.73 Å². The topological polar surface area (TPSA) is 73.4 Å². The van der Waals surface area contributed by atoms with Crippen molar-refractivity contribution in [2.24, 2.45) is 0 Å². The van der Waals surface area contributed by atoms with Gasteiger partial charge in [-0.2, -0.15) is 0 Å². The maximum Gasteiger partial charge on any atom is 0.239 e. The van der Waals surface area contributed by atoms with Gasteiger partial charge in [-0.05, 0) is 11.6 Å². The summed E-state index contributed by atoms with van der Waals surface area (Å²) in [6.07, 6.45) is 1.89. The zero-order valence-electron chi connectivity index (χ0n) is 9.59. The van der Waals surface area contributed by atoms with Crippen LogP contribution in [0, 0.1) is 0 Å². The Morgan fingerprint density at radius 2 is 2.11 bits per heavy atom. The smallest absolute Gasteiger partial charge is 0.239 e. The van der Waals surface area contributed by atoms with Crippen LogP contribution in [-0.4, -0.2) is 33.5 Å². The molecule has 3 rings (SSSR count). The normalized spacial score (nSPS) is 20.1. The van der Waals surface area contributed by atoms with E-state index in [0.29, 0.717) is 0 Å². The summed E-state index contributed by atoms with van der Waals surface area (Å²) in [6.45, 7) is -0.545. The molecule has 2 aromatic rings. The summed E-state index contributed by atoms with van der Waals surface area (Å²) < 4.78 is 0. The summed E-state index contributed by atoms with van der Waals surface area (Å²) in [4.78, 5) is 27.6. The van der Waals surface area contributed by atoms with Crippen LogP contribution in [0.4, 0.5) is 0 Å². The minimum atomic E-state index is -0.545. The number of nitrogens with one attached hydrogen (secondary N) is 1. The third kappa shape index (κ3) is 1.44. The van der Waals surface area contributed by atoms with Crippen LogP contribution in [0.15, 0.2) is 30.5 Å². The summed E-state index contributed by atoms with van der Waals surface area (Å²) in [6, 6.07) is 7.64. The van der Waals surface area contributed by atoms with Crippen LogP contribution in [0.5, 0.6) is 0 Å². The van der Waals surface area contributed by atoms with Crippen molar-refractivity contribution in [1.29, 1.82) is 0 Å². The van der Waals surface area contributed by atoms with E-state index >= 15 is 0 Å². The molecule has 0 radical (unpaired) electrons. The number of amides is 2. The highest BCUT2D eigenvalue weighted by Crippen LogP contribution is 2.33. The molecule has 1 aliphatic heterocycles. The lowest BCUT2D eigenvalue weighted by molar-refractivity contribution is -0.142. The molecule has 0 bridgehead atoms. The second kappa shape index (κ2) is 3.96. The molecule has 18 heavy (non-hydrogen) atoms. The molecule has 1 atom stereocenters. The molecule has 92 valence electrons. The highest BCUT2D eigenvalue weighted by atomic mass is 16.3. The molecule has 2 amide bonds. The van der Waals surface area contributed by atoms with E-state index in [4.69, 9.17) is 5.11 Å². The number of aliphatic hydroxyl groups is 1. The van der Waals surface area contributed by atoms with Gasteiger partial charge >= 0.3 is 0 Å². The molecule has 2 N–H and O–H groups in total. The standard InChI is InChI=1S/C13H12N2O3/c16-7-15-12(17)5-9(13(15)18)10-6-14-11-4-2-1-3-8(10)11/h1-4,6,9,14,16H,5,7H2. The van der Waals surface area contributed by atoms with Gasteiger partial charge in [0.25, 0.3) is 0 Å². The molecule has 1 aromatic carbocycles. The van der Waals surface area contributed by atoms with Crippen LogP contribution >= 0.6 is 0 Å². The van der Waals surface area contributed by atoms with E-state index in [1.807, 2.05) is 24.3 Å². The Bertz CT molecular complexity index is 632. The predicted octanol–water partition coefficient (Wildman–Crippen LogP) is 0.960. The van der Waals surface area contributed by atoms with Crippen LogP contribution in [-0.2, 0) is 9.59 Å². The molecule has 1 unspecified atom stereocenters. The molecule has 2 heterocycles. The summed E-state index contributed by atoms with van der Waals surface area (Å²) in [5.41, 5.74) is 1.76. The molecule has 5 nitrogen and oxygen atoms in total. The molecule has 1 saturated heterocycles. The Morgan fingerprint density at radius 1 is 1.33 bits per heavy atom. The summed E-state index contributed by atoms with van der Waals surface area (Å²) in [7, 11) is 0. The van der Waals surface area contributed by atoms with E-state index in [9.17, 15) is 9.59 Å². The van der Waals surface area contributed by atoms with Crippen LogP contribution in [0.25, 0.3) is 10.9 Å². The van der Waals surface area contributed by atoms with Crippen molar-refractivity contribution in [2.45, 2.75) is 12.3 Å².